The van der Waals surface area contributed by atoms with Gasteiger partial charge in [-0.05, 0) is 49.4 Å². The van der Waals surface area contributed by atoms with Crippen LogP contribution in [-0.2, 0) is 0 Å². The molecule has 0 unspecified atom stereocenters. The monoisotopic (exact) mass is 223 g/mol. The number of aliphatic hydroxyl groups is 1. The van der Waals surface area contributed by atoms with E-state index in [1.165, 1.54) is 16.0 Å². The zero-order valence-electron chi connectivity index (χ0n) is 9.23. The summed E-state index contributed by atoms with van der Waals surface area (Å²) < 4.78 is 2.24. The van der Waals surface area contributed by atoms with Crippen LogP contribution in [0, 0.1) is 13.8 Å². The molecule has 1 saturated heterocycles. The summed E-state index contributed by atoms with van der Waals surface area (Å²) in [4.78, 5) is 1.31. The fraction of sp³-hybridized carbons (Fsp3) is 0.500. The number of rotatable bonds is 2. The SMILES string of the molecule is Cc1cccc(SN2CC[C@H](O)C2)c1C. The Hall–Kier alpha value is -0.510. The summed E-state index contributed by atoms with van der Waals surface area (Å²) in [6.07, 6.45) is 0.764. The topological polar surface area (TPSA) is 23.5 Å². The zero-order valence-corrected chi connectivity index (χ0v) is 10.0. The van der Waals surface area contributed by atoms with E-state index in [2.05, 4.69) is 36.4 Å². The molecule has 2 nitrogen and oxygen atoms in total. The molecule has 0 aliphatic carbocycles. The Kier molecular flexibility index (Phi) is 3.34. The molecule has 0 aromatic heterocycles. The van der Waals surface area contributed by atoms with E-state index in [9.17, 15) is 5.11 Å². The van der Waals surface area contributed by atoms with Gasteiger partial charge in [0.15, 0.2) is 0 Å². The largest absolute Gasteiger partial charge is 0.392 e. The third kappa shape index (κ3) is 2.54. The highest BCUT2D eigenvalue weighted by molar-refractivity contribution is 7.97. The third-order valence-electron chi connectivity index (χ3n) is 2.91. The fourth-order valence-corrected chi connectivity index (χ4v) is 2.91. The molecule has 1 fully saturated rings. The lowest BCUT2D eigenvalue weighted by atomic mass is 10.1. The molecule has 1 heterocycles. The number of hydrogen-bond acceptors (Lipinski definition) is 3. The summed E-state index contributed by atoms with van der Waals surface area (Å²) in [5.74, 6) is 0. The lowest BCUT2D eigenvalue weighted by molar-refractivity contribution is 0.190. The van der Waals surface area contributed by atoms with Gasteiger partial charge in [-0.15, -0.1) is 0 Å². The molecule has 15 heavy (non-hydrogen) atoms. The van der Waals surface area contributed by atoms with Crippen molar-refractivity contribution < 1.29 is 5.11 Å². The molecule has 0 saturated carbocycles. The van der Waals surface area contributed by atoms with E-state index in [1.54, 1.807) is 11.9 Å². The van der Waals surface area contributed by atoms with Gasteiger partial charge in [-0.2, -0.15) is 0 Å². The molecule has 1 atom stereocenters. The van der Waals surface area contributed by atoms with Crippen LogP contribution in [0.3, 0.4) is 0 Å². The Bertz CT molecular complexity index is 353. The van der Waals surface area contributed by atoms with Crippen molar-refractivity contribution in [3.63, 3.8) is 0 Å². The highest BCUT2D eigenvalue weighted by atomic mass is 32.2. The van der Waals surface area contributed by atoms with E-state index in [4.69, 9.17) is 0 Å². The summed E-state index contributed by atoms with van der Waals surface area (Å²) in [5, 5.41) is 9.45. The first kappa shape index (κ1) is 11.0. The van der Waals surface area contributed by atoms with Gasteiger partial charge in [-0.3, -0.25) is 0 Å². The first-order valence-corrected chi connectivity index (χ1v) is 6.11. The predicted octanol–water partition coefficient (Wildman–Crippen LogP) is 2.38. The lowest BCUT2D eigenvalue weighted by Crippen LogP contribution is -2.14. The minimum atomic E-state index is -0.136. The smallest absolute Gasteiger partial charge is 0.0689 e. The summed E-state index contributed by atoms with van der Waals surface area (Å²) in [6, 6.07) is 6.38. The molecule has 1 aromatic carbocycles. The average Bonchev–Trinajstić information content (AvgIpc) is 2.59. The maximum atomic E-state index is 9.45. The molecule has 0 radical (unpaired) electrons. The molecule has 1 N–H and O–H groups in total. The predicted molar refractivity (Wildman–Crippen MR) is 64.0 cm³/mol. The summed E-state index contributed by atoms with van der Waals surface area (Å²) in [5.41, 5.74) is 2.68. The van der Waals surface area contributed by atoms with Crippen molar-refractivity contribution in [2.45, 2.75) is 31.3 Å². The summed E-state index contributed by atoms with van der Waals surface area (Å²) in [6.45, 7) is 6.07. The van der Waals surface area contributed by atoms with Gasteiger partial charge in [0.2, 0.25) is 0 Å². The Labute approximate surface area is 95.4 Å². The first-order chi connectivity index (χ1) is 7.16. The lowest BCUT2D eigenvalue weighted by Gasteiger charge is -2.15. The summed E-state index contributed by atoms with van der Waals surface area (Å²) >= 11 is 1.77. The maximum absolute atomic E-state index is 9.45. The van der Waals surface area contributed by atoms with Crippen molar-refractivity contribution in [1.82, 2.24) is 4.31 Å². The van der Waals surface area contributed by atoms with E-state index in [-0.39, 0.29) is 6.10 Å². The van der Waals surface area contributed by atoms with Crippen LogP contribution in [0.4, 0.5) is 0 Å². The highest BCUT2D eigenvalue weighted by Crippen LogP contribution is 2.30. The second-order valence-corrected chi connectivity index (χ2v) is 5.26. The molecular weight excluding hydrogens is 206 g/mol. The van der Waals surface area contributed by atoms with E-state index >= 15 is 0 Å². The quantitative estimate of drug-likeness (QED) is 0.779. The number of aliphatic hydroxyl groups excluding tert-OH is 1. The van der Waals surface area contributed by atoms with Crippen molar-refractivity contribution in [2.24, 2.45) is 0 Å². The van der Waals surface area contributed by atoms with Crippen molar-refractivity contribution in [2.75, 3.05) is 13.1 Å². The van der Waals surface area contributed by atoms with Crippen LogP contribution in [0.1, 0.15) is 17.5 Å². The molecule has 1 aliphatic heterocycles. The minimum absolute atomic E-state index is 0.136. The number of hydrogen-bond donors (Lipinski definition) is 1. The van der Waals surface area contributed by atoms with Crippen molar-refractivity contribution in [3.05, 3.63) is 29.3 Å². The van der Waals surface area contributed by atoms with Gasteiger partial charge in [0.1, 0.15) is 0 Å². The molecule has 0 spiro atoms. The van der Waals surface area contributed by atoms with E-state index in [0.717, 1.165) is 19.5 Å². The van der Waals surface area contributed by atoms with Gasteiger partial charge in [0, 0.05) is 18.0 Å². The van der Waals surface area contributed by atoms with Crippen LogP contribution in [0.5, 0.6) is 0 Å². The fourth-order valence-electron chi connectivity index (χ4n) is 1.76. The molecule has 1 aromatic rings. The molecule has 0 bridgehead atoms. The second-order valence-electron chi connectivity index (χ2n) is 4.12. The maximum Gasteiger partial charge on any atom is 0.0689 e. The van der Waals surface area contributed by atoms with Gasteiger partial charge in [-0.1, -0.05) is 12.1 Å². The number of β-amino-alcohol motifs (C(OH)–C–C–N with tert-alkyl or cyclic N) is 1. The van der Waals surface area contributed by atoms with Crippen LogP contribution in [-0.4, -0.2) is 28.6 Å². The van der Waals surface area contributed by atoms with Gasteiger partial charge in [0.25, 0.3) is 0 Å². The van der Waals surface area contributed by atoms with Crippen molar-refractivity contribution >= 4 is 11.9 Å². The standard InChI is InChI=1S/C12H17NOS/c1-9-4-3-5-12(10(9)2)15-13-7-6-11(14)8-13/h3-5,11,14H,6-8H2,1-2H3/t11-/m0/s1. The van der Waals surface area contributed by atoms with Crippen LogP contribution in [0.25, 0.3) is 0 Å². The Morgan fingerprint density at radius 2 is 2.20 bits per heavy atom. The molecule has 2 rings (SSSR count). The van der Waals surface area contributed by atoms with Crippen molar-refractivity contribution in [1.29, 1.82) is 0 Å². The van der Waals surface area contributed by atoms with Crippen LogP contribution < -0.4 is 0 Å². The molecule has 82 valence electrons. The highest BCUT2D eigenvalue weighted by Gasteiger charge is 2.21. The zero-order chi connectivity index (χ0) is 10.8. The van der Waals surface area contributed by atoms with Gasteiger partial charge >= 0.3 is 0 Å². The summed E-state index contributed by atoms with van der Waals surface area (Å²) in [7, 11) is 0. The van der Waals surface area contributed by atoms with Crippen LogP contribution >= 0.6 is 11.9 Å². The molecular formula is C12H17NOS. The minimum Gasteiger partial charge on any atom is -0.392 e. The molecule has 3 heteroatoms. The number of aryl methyl sites for hydroxylation is 1. The van der Waals surface area contributed by atoms with E-state index in [1.807, 2.05) is 0 Å². The molecule has 0 amide bonds. The number of nitrogens with zero attached hydrogens (tertiary/aromatic N) is 1. The van der Waals surface area contributed by atoms with Gasteiger partial charge in [0.05, 0.1) is 6.10 Å². The van der Waals surface area contributed by atoms with Gasteiger partial charge in [-0.25, -0.2) is 4.31 Å². The van der Waals surface area contributed by atoms with Crippen LogP contribution in [0.2, 0.25) is 0 Å². The molecule has 1 aliphatic rings. The van der Waals surface area contributed by atoms with E-state index in [0.29, 0.717) is 0 Å². The second kappa shape index (κ2) is 4.56. The Morgan fingerprint density at radius 1 is 1.40 bits per heavy atom. The normalized spacial score (nSPS) is 22.2. The van der Waals surface area contributed by atoms with Crippen LogP contribution in [0.15, 0.2) is 23.1 Å². The Morgan fingerprint density at radius 3 is 2.87 bits per heavy atom. The number of benzene rings is 1. The van der Waals surface area contributed by atoms with E-state index < -0.39 is 0 Å². The first-order valence-electron chi connectivity index (χ1n) is 5.34. The van der Waals surface area contributed by atoms with Crippen molar-refractivity contribution in [3.8, 4) is 0 Å². The third-order valence-corrected chi connectivity index (χ3v) is 4.14. The average molecular weight is 223 g/mol. The Balaban J connectivity index is 2.07. The van der Waals surface area contributed by atoms with Gasteiger partial charge < -0.3 is 5.11 Å².